The van der Waals surface area contributed by atoms with Crippen molar-refractivity contribution in [3.05, 3.63) is 71.2 Å². The largest absolute Gasteiger partial charge is 0.366 e. The third kappa shape index (κ3) is 5.43. The predicted molar refractivity (Wildman–Crippen MR) is 137 cm³/mol. The second-order valence-corrected chi connectivity index (χ2v) is 10.2. The molecule has 1 saturated carbocycles. The Balaban J connectivity index is 1.13. The van der Waals surface area contributed by atoms with E-state index in [1.54, 1.807) is 35.4 Å². The van der Waals surface area contributed by atoms with Gasteiger partial charge in [-0.15, -0.1) is 0 Å². The summed E-state index contributed by atoms with van der Waals surface area (Å²) in [5.41, 5.74) is 1.34. The van der Waals surface area contributed by atoms with Crippen molar-refractivity contribution in [2.24, 2.45) is 5.92 Å². The first kappa shape index (κ1) is 24.4. The Labute approximate surface area is 212 Å². The standard InChI is InChI=1S/C28H34FN5O2/c1-19-3-4-20(2)34(19)28(36)22-7-8-23(25(29)15-22)16-30-26-10-9-24(17-31-26)27(35)33-13-11-32(12-14-33)18-21-5-6-21/h3-4,7-10,15,17,19-21H,5-6,11-14,16,18H2,1-2H3,(H,30,31). The molecule has 1 aromatic heterocycles. The molecule has 2 atom stereocenters. The van der Waals surface area contributed by atoms with Crippen molar-refractivity contribution in [2.45, 2.75) is 45.3 Å². The van der Waals surface area contributed by atoms with Gasteiger partial charge in [0.2, 0.25) is 0 Å². The second kappa shape index (κ2) is 10.4. The van der Waals surface area contributed by atoms with Gasteiger partial charge >= 0.3 is 0 Å². The molecule has 2 fully saturated rings. The summed E-state index contributed by atoms with van der Waals surface area (Å²) in [6, 6.07) is 8.10. The highest BCUT2D eigenvalue weighted by Gasteiger charge is 2.29. The molecule has 2 amide bonds. The third-order valence-corrected chi connectivity index (χ3v) is 7.42. The van der Waals surface area contributed by atoms with Gasteiger partial charge in [-0.2, -0.15) is 0 Å². The van der Waals surface area contributed by atoms with E-state index < -0.39 is 5.82 Å². The average Bonchev–Trinajstić information content (AvgIpc) is 3.64. The molecule has 0 spiro atoms. The topological polar surface area (TPSA) is 68.8 Å². The number of halogens is 1. The number of hydrogen-bond donors (Lipinski definition) is 1. The molecule has 2 unspecified atom stereocenters. The number of pyridine rings is 1. The Morgan fingerprint density at radius 1 is 0.972 bits per heavy atom. The van der Waals surface area contributed by atoms with E-state index in [0.29, 0.717) is 22.5 Å². The molecule has 7 nitrogen and oxygen atoms in total. The molecule has 1 N–H and O–H groups in total. The van der Waals surface area contributed by atoms with Crippen LogP contribution < -0.4 is 5.32 Å². The molecule has 3 heterocycles. The fourth-order valence-corrected chi connectivity index (χ4v) is 5.01. The normalized spacial score (nSPS) is 22.2. The zero-order valence-electron chi connectivity index (χ0n) is 21.0. The number of carbonyl (C=O) groups is 2. The van der Waals surface area contributed by atoms with E-state index in [9.17, 15) is 14.0 Å². The maximum Gasteiger partial charge on any atom is 0.255 e. The molecule has 5 rings (SSSR count). The molecule has 2 aliphatic heterocycles. The van der Waals surface area contributed by atoms with Crippen LogP contribution in [-0.2, 0) is 6.54 Å². The van der Waals surface area contributed by atoms with Gasteiger partial charge < -0.3 is 15.1 Å². The van der Waals surface area contributed by atoms with Crippen LogP contribution in [0.1, 0.15) is 53.0 Å². The monoisotopic (exact) mass is 491 g/mol. The van der Waals surface area contributed by atoms with E-state index >= 15 is 0 Å². The number of rotatable bonds is 7. The zero-order valence-corrected chi connectivity index (χ0v) is 21.0. The molecule has 1 aliphatic carbocycles. The SMILES string of the molecule is CC1C=CC(C)N1C(=O)c1ccc(CNc2ccc(C(=O)N3CCN(CC4CC4)CC3)cn2)c(F)c1. The van der Waals surface area contributed by atoms with Crippen molar-refractivity contribution in [1.29, 1.82) is 0 Å². The predicted octanol–water partition coefficient (Wildman–Crippen LogP) is 3.79. The van der Waals surface area contributed by atoms with Crippen LogP contribution >= 0.6 is 0 Å². The summed E-state index contributed by atoms with van der Waals surface area (Å²) in [5, 5.41) is 3.11. The molecular weight excluding hydrogens is 457 g/mol. The van der Waals surface area contributed by atoms with E-state index in [1.165, 1.54) is 18.9 Å². The maximum absolute atomic E-state index is 14.8. The molecule has 0 radical (unpaired) electrons. The minimum absolute atomic E-state index is 0.00302. The van der Waals surface area contributed by atoms with Crippen molar-refractivity contribution in [1.82, 2.24) is 19.7 Å². The van der Waals surface area contributed by atoms with Gasteiger partial charge in [0.15, 0.2) is 0 Å². The van der Waals surface area contributed by atoms with Crippen LogP contribution in [0.4, 0.5) is 10.2 Å². The van der Waals surface area contributed by atoms with Crippen molar-refractivity contribution < 1.29 is 14.0 Å². The van der Waals surface area contributed by atoms with Crippen LogP contribution in [0.3, 0.4) is 0 Å². The van der Waals surface area contributed by atoms with Gasteiger partial charge in [-0.05, 0) is 56.9 Å². The van der Waals surface area contributed by atoms with Crippen molar-refractivity contribution >= 4 is 17.6 Å². The van der Waals surface area contributed by atoms with E-state index in [0.717, 1.165) is 38.6 Å². The van der Waals surface area contributed by atoms with Crippen LogP contribution in [0.5, 0.6) is 0 Å². The number of amides is 2. The summed E-state index contributed by atoms with van der Waals surface area (Å²) in [7, 11) is 0. The summed E-state index contributed by atoms with van der Waals surface area (Å²) in [4.78, 5) is 36.1. The van der Waals surface area contributed by atoms with Crippen LogP contribution in [0.15, 0.2) is 48.7 Å². The summed E-state index contributed by atoms with van der Waals surface area (Å²) in [5.74, 6) is 0.818. The quantitative estimate of drug-likeness (QED) is 0.597. The van der Waals surface area contributed by atoms with Gasteiger partial charge in [-0.1, -0.05) is 18.2 Å². The second-order valence-electron chi connectivity index (χ2n) is 10.2. The summed E-state index contributed by atoms with van der Waals surface area (Å²) in [6.07, 6.45) is 8.24. The lowest BCUT2D eigenvalue weighted by Crippen LogP contribution is -2.49. The first-order valence-corrected chi connectivity index (χ1v) is 12.9. The van der Waals surface area contributed by atoms with Gasteiger partial charge in [0.1, 0.15) is 11.6 Å². The fourth-order valence-electron chi connectivity index (χ4n) is 5.01. The Kier molecular flexibility index (Phi) is 7.05. The Morgan fingerprint density at radius 3 is 2.28 bits per heavy atom. The first-order valence-electron chi connectivity index (χ1n) is 12.9. The Morgan fingerprint density at radius 2 is 1.67 bits per heavy atom. The number of anilines is 1. The Hall–Kier alpha value is -3.26. The van der Waals surface area contributed by atoms with Gasteiger partial charge in [0.05, 0.1) is 5.56 Å². The zero-order chi connectivity index (χ0) is 25.2. The van der Waals surface area contributed by atoms with Crippen LogP contribution in [0, 0.1) is 11.7 Å². The lowest BCUT2D eigenvalue weighted by molar-refractivity contribution is 0.0631. The van der Waals surface area contributed by atoms with E-state index in [2.05, 4.69) is 15.2 Å². The van der Waals surface area contributed by atoms with Gasteiger partial charge in [-0.25, -0.2) is 9.37 Å². The van der Waals surface area contributed by atoms with Crippen LogP contribution in [-0.4, -0.2) is 76.3 Å². The van der Waals surface area contributed by atoms with E-state index in [1.807, 2.05) is 30.9 Å². The number of carbonyl (C=O) groups excluding carboxylic acids is 2. The minimum atomic E-state index is -0.437. The van der Waals surface area contributed by atoms with Gasteiger partial charge in [0.25, 0.3) is 11.8 Å². The molecule has 36 heavy (non-hydrogen) atoms. The summed E-state index contributed by atoms with van der Waals surface area (Å²) < 4.78 is 14.8. The first-order chi connectivity index (χ1) is 17.4. The number of nitrogens with zero attached hydrogens (tertiary/aromatic N) is 4. The molecule has 1 saturated heterocycles. The molecule has 1 aromatic carbocycles. The highest BCUT2D eigenvalue weighted by atomic mass is 19.1. The van der Waals surface area contributed by atoms with Crippen LogP contribution in [0.25, 0.3) is 0 Å². The number of piperazine rings is 1. The number of aromatic nitrogens is 1. The maximum atomic E-state index is 14.8. The van der Waals surface area contributed by atoms with Gasteiger partial charge in [-0.3, -0.25) is 14.5 Å². The molecule has 2 aromatic rings. The number of nitrogens with one attached hydrogen (secondary N) is 1. The minimum Gasteiger partial charge on any atom is -0.366 e. The lowest BCUT2D eigenvalue weighted by Gasteiger charge is -2.34. The summed E-state index contributed by atoms with van der Waals surface area (Å²) >= 11 is 0. The highest BCUT2D eigenvalue weighted by Crippen LogP contribution is 2.30. The highest BCUT2D eigenvalue weighted by molar-refractivity contribution is 5.95. The number of benzene rings is 1. The average molecular weight is 492 g/mol. The fraction of sp³-hybridized carbons (Fsp3) is 0.464. The van der Waals surface area contributed by atoms with Gasteiger partial charge in [0, 0.05) is 68.7 Å². The molecule has 190 valence electrons. The van der Waals surface area contributed by atoms with E-state index in [4.69, 9.17) is 0 Å². The van der Waals surface area contributed by atoms with Crippen LogP contribution in [0.2, 0.25) is 0 Å². The van der Waals surface area contributed by atoms with Crippen molar-refractivity contribution in [2.75, 3.05) is 38.0 Å². The van der Waals surface area contributed by atoms with Crippen molar-refractivity contribution in [3.63, 3.8) is 0 Å². The summed E-state index contributed by atoms with van der Waals surface area (Å²) in [6.45, 7) is 8.64. The smallest absolute Gasteiger partial charge is 0.255 e. The Bertz CT molecular complexity index is 1130. The molecule has 8 heteroatoms. The third-order valence-electron chi connectivity index (χ3n) is 7.42. The molecular formula is C28H34FN5O2. The lowest BCUT2D eigenvalue weighted by atomic mass is 10.1. The molecule has 3 aliphatic rings. The van der Waals surface area contributed by atoms with Crippen molar-refractivity contribution in [3.8, 4) is 0 Å². The number of hydrogen-bond acceptors (Lipinski definition) is 5. The van der Waals surface area contributed by atoms with E-state index in [-0.39, 0.29) is 30.4 Å². The molecule has 0 bridgehead atoms.